The standard InChI is InChI=1S/C16H15BrN2/c17-12-7-8-13(15-5-1-3-9-18-15)14(11-12)16-6-2-4-10-19-16/h1-6,9-10,12H,7-8,11H2. The van der Waals surface area contributed by atoms with Gasteiger partial charge in [0.2, 0.25) is 0 Å². The summed E-state index contributed by atoms with van der Waals surface area (Å²) in [6.07, 6.45) is 6.94. The molecule has 0 saturated carbocycles. The number of hydrogen-bond acceptors (Lipinski definition) is 2. The summed E-state index contributed by atoms with van der Waals surface area (Å²) in [5, 5.41) is 0. The van der Waals surface area contributed by atoms with E-state index >= 15 is 0 Å². The molecule has 2 heterocycles. The Morgan fingerprint density at radius 3 is 2.11 bits per heavy atom. The van der Waals surface area contributed by atoms with Crippen LogP contribution in [-0.2, 0) is 0 Å². The van der Waals surface area contributed by atoms with Crippen LogP contribution in [0, 0.1) is 0 Å². The Labute approximate surface area is 121 Å². The van der Waals surface area contributed by atoms with Gasteiger partial charge in [-0.1, -0.05) is 28.1 Å². The van der Waals surface area contributed by atoms with E-state index < -0.39 is 0 Å². The third kappa shape index (κ3) is 2.76. The monoisotopic (exact) mass is 314 g/mol. The van der Waals surface area contributed by atoms with Gasteiger partial charge in [0, 0.05) is 17.2 Å². The molecule has 96 valence electrons. The highest BCUT2D eigenvalue weighted by Crippen LogP contribution is 2.39. The van der Waals surface area contributed by atoms with Crippen molar-refractivity contribution >= 4 is 27.1 Å². The van der Waals surface area contributed by atoms with Crippen LogP contribution in [0.3, 0.4) is 0 Å². The summed E-state index contributed by atoms with van der Waals surface area (Å²) >= 11 is 3.74. The van der Waals surface area contributed by atoms with Gasteiger partial charge >= 0.3 is 0 Å². The highest BCUT2D eigenvalue weighted by molar-refractivity contribution is 9.09. The van der Waals surface area contributed by atoms with Gasteiger partial charge in [0.1, 0.15) is 0 Å². The lowest BCUT2D eigenvalue weighted by molar-refractivity contribution is 0.778. The molecule has 3 rings (SSSR count). The minimum absolute atomic E-state index is 0.539. The zero-order chi connectivity index (χ0) is 13.1. The van der Waals surface area contributed by atoms with E-state index in [0.29, 0.717) is 4.83 Å². The first-order valence-electron chi connectivity index (χ1n) is 6.53. The summed E-state index contributed by atoms with van der Waals surface area (Å²) in [6.45, 7) is 0. The first kappa shape index (κ1) is 12.5. The van der Waals surface area contributed by atoms with Crippen LogP contribution in [-0.4, -0.2) is 14.8 Å². The van der Waals surface area contributed by atoms with Gasteiger partial charge in [-0.3, -0.25) is 9.97 Å². The number of aromatic nitrogens is 2. The van der Waals surface area contributed by atoms with Crippen LogP contribution in [0.25, 0.3) is 11.1 Å². The van der Waals surface area contributed by atoms with E-state index in [1.54, 1.807) is 0 Å². The van der Waals surface area contributed by atoms with E-state index in [4.69, 9.17) is 0 Å². The number of rotatable bonds is 2. The average Bonchev–Trinajstić information content (AvgIpc) is 2.49. The fraction of sp³-hybridized carbons (Fsp3) is 0.250. The van der Waals surface area contributed by atoms with E-state index in [0.717, 1.165) is 30.7 Å². The van der Waals surface area contributed by atoms with Crippen molar-refractivity contribution in [3.63, 3.8) is 0 Å². The normalized spacial score (nSPS) is 19.5. The summed E-state index contributed by atoms with van der Waals surface area (Å²) < 4.78 is 0. The first-order valence-corrected chi connectivity index (χ1v) is 7.45. The first-order chi connectivity index (χ1) is 9.34. The molecular weight excluding hydrogens is 300 g/mol. The summed E-state index contributed by atoms with van der Waals surface area (Å²) in [7, 11) is 0. The molecule has 0 N–H and O–H groups in total. The van der Waals surface area contributed by atoms with E-state index in [1.165, 1.54) is 11.1 Å². The minimum atomic E-state index is 0.539. The van der Waals surface area contributed by atoms with Gasteiger partial charge in [0.15, 0.2) is 0 Å². The lowest BCUT2D eigenvalue weighted by atomic mass is 9.87. The van der Waals surface area contributed by atoms with Crippen molar-refractivity contribution < 1.29 is 0 Å². The summed E-state index contributed by atoms with van der Waals surface area (Å²) in [5.41, 5.74) is 4.83. The highest BCUT2D eigenvalue weighted by Gasteiger charge is 2.22. The minimum Gasteiger partial charge on any atom is -0.257 e. The molecule has 0 amide bonds. The number of halogens is 1. The molecule has 2 aromatic heterocycles. The maximum Gasteiger partial charge on any atom is 0.0665 e. The molecule has 3 heteroatoms. The molecule has 0 spiro atoms. The Balaban J connectivity index is 2.10. The number of allylic oxidation sites excluding steroid dienone is 2. The van der Waals surface area contributed by atoms with Gasteiger partial charge in [-0.05, 0) is 54.7 Å². The van der Waals surface area contributed by atoms with Crippen molar-refractivity contribution in [2.24, 2.45) is 0 Å². The Morgan fingerprint density at radius 2 is 1.53 bits per heavy atom. The van der Waals surface area contributed by atoms with Crippen molar-refractivity contribution in [2.45, 2.75) is 24.1 Å². The molecule has 0 aromatic carbocycles. The molecular formula is C16H15BrN2. The predicted molar refractivity (Wildman–Crippen MR) is 81.9 cm³/mol. The van der Waals surface area contributed by atoms with E-state index in [1.807, 2.05) is 36.7 Å². The average molecular weight is 315 g/mol. The quantitative estimate of drug-likeness (QED) is 0.771. The summed E-state index contributed by atoms with van der Waals surface area (Å²) in [6, 6.07) is 12.2. The van der Waals surface area contributed by atoms with Gasteiger partial charge in [0.05, 0.1) is 11.4 Å². The molecule has 2 nitrogen and oxygen atoms in total. The van der Waals surface area contributed by atoms with Crippen molar-refractivity contribution in [3.8, 4) is 0 Å². The Morgan fingerprint density at radius 1 is 0.895 bits per heavy atom. The molecule has 0 saturated heterocycles. The summed E-state index contributed by atoms with van der Waals surface area (Å²) in [5.74, 6) is 0. The largest absolute Gasteiger partial charge is 0.257 e. The maximum absolute atomic E-state index is 4.51. The molecule has 1 aliphatic carbocycles. The Hall–Kier alpha value is -1.48. The second-order valence-corrected chi connectivity index (χ2v) is 6.02. The number of pyridine rings is 2. The lowest BCUT2D eigenvalue weighted by Crippen LogP contribution is -2.10. The molecule has 0 bridgehead atoms. The topological polar surface area (TPSA) is 25.8 Å². The van der Waals surface area contributed by atoms with Crippen molar-refractivity contribution in [1.82, 2.24) is 9.97 Å². The number of alkyl halides is 1. The molecule has 1 aliphatic rings. The molecule has 19 heavy (non-hydrogen) atoms. The third-order valence-electron chi connectivity index (χ3n) is 3.45. The molecule has 0 radical (unpaired) electrons. The van der Waals surface area contributed by atoms with Crippen LogP contribution in [0.2, 0.25) is 0 Å². The molecule has 0 fully saturated rings. The van der Waals surface area contributed by atoms with E-state index in [-0.39, 0.29) is 0 Å². The van der Waals surface area contributed by atoms with Crippen LogP contribution in [0.15, 0.2) is 48.8 Å². The lowest BCUT2D eigenvalue weighted by Gasteiger charge is -2.23. The van der Waals surface area contributed by atoms with Gasteiger partial charge in [-0.25, -0.2) is 0 Å². The Bertz CT molecular complexity index is 578. The van der Waals surface area contributed by atoms with Crippen LogP contribution in [0.1, 0.15) is 30.7 Å². The van der Waals surface area contributed by atoms with E-state index in [9.17, 15) is 0 Å². The van der Waals surface area contributed by atoms with Crippen LogP contribution in [0.5, 0.6) is 0 Å². The number of nitrogens with zero attached hydrogens (tertiary/aromatic N) is 2. The fourth-order valence-electron chi connectivity index (χ4n) is 2.52. The van der Waals surface area contributed by atoms with E-state index in [2.05, 4.69) is 38.0 Å². The number of hydrogen-bond donors (Lipinski definition) is 0. The van der Waals surface area contributed by atoms with Crippen molar-refractivity contribution in [1.29, 1.82) is 0 Å². The maximum atomic E-state index is 4.51. The van der Waals surface area contributed by atoms with Crippen LogP contribution in [0.4, 0.5) is 0 Å². The zero-order valence-corrected chi connectivity index (χ0v) is 12.2. The molecule has 2 aromatic rings. The Kier molecular flexibility index (Phi) is 3.74. The van der Waals surface area contributed by atoms with Gasteiger partial charge in [-0.2, -0.15) is 0 Å². The van der Waals surface area contributed by atoms with Gasteiger partial charge in [0.25, 0.3) is 0 Å². The smallest absolute Gasteiger partial charge is 0.0665 e. The predicted octanol–water partition coefficient (Wildman–Crippen LogP) is 4.33. The van der Waals surface area contributed by atoms with Crippen LogP contribution >= 0.6 is 15.9 Å². The summed E-state index contributed by atoms with van der Waals surface area (Å²) in [4.78, 5) is 9.55. The second-order valence-electron chi connectivity index (χ2n) is 4.73. The van der Waals surface area contributed by atoms with Crippen LogP contribution < -0.4 is 0 Å². The fourth-order valence-corrected chi connectivity index (χ4v) is 3.08. The highest BCUT2D eigenvalue weighted by atomic mass is 79.9. The third-order valence-corrected chi connectivity index (χ3v) is 4.23. The van der Waals surface area contributed by atoms with Gasteiger partial charge < -0.3 is 0 Å². The molecule has 1 unspecified atom stereocenters. The zero-order valence-electron chi connectivity index (χ0n) is 10.6. The van der Waals surface area contributed by atoms with Crippen molar-refractivity contribution in [2.75, 3.05) is 0 Å². The molecule has 0 aliphatic heterocycles. The molecule has 1 atom stereocenters. The second kappa shape index (κ2) is 5.66. The SMILES string of the molecule is BrC1CCC(c2ccccn2)=C(c2ccccn2)C1. The van der Waals surface area contributed by atoms with Crippen molar-refractivity contribution in [3.05, 3.63) is 60.2 Å². The van der Waals surface area contributed by atoms with Gasteiger partial charge in [-0.15, -0.1) is 0 Å².